The van der Waals surface area contributed by atoms with E-state index in [1.54, 1.807) is 0 Å². The van der Waals surface area contributed by atoms with E-state index < -0.39 is 0 Å². The van der Waals surface area contributed by atoms with Crippen molar-refractivity contribution in [2.75, 3.05) is 0 Å². The molecule has 0 nitrogen and oxygen atoms in total. The highest BCUT2D eigenvalue weighted by Crippen LogP contribution is 2.31. The van der Waals surface area contributed by atoms with Gasteiger partial charge in [0.05, 0.1) is 10.2 Å². The van der Waals surface area contributed by atoms with Crippen molar-refractivity contribution in [3.63, 3.8) is 0 Å². The summed E-state index contributed by atoms with van der Waals surface area (Å²) in [4.78, 5) is 0. The molecule has 0 aliphatic rings. The molecule has 0 saturated heterocycles. The maximum atomic E-state index is 4.68. The first kappa shape index (κ1) is 17.0. The van der Waals surface area contributed by atoms with E-state index in [4.69, 9.17) is 0 Å². The minimum Gasteiger partial charge on any atom is -0.0622 e. The molecule has 3 rings (SSSR count). The Balaban J connectivity index is 0.000000545. The molecule has 22 heavy (non-hydrogen) atoms. The van der Waals surface area contributed by atoms with Crippen LogP contribution in [0.25, 0.3) is 0 Å². The SMILES string of the molecule is ClSCl.c1ccc(C(c2ccccc2)c2ccccc2)cc1. The number of halogens is 2. The van der Waals surface area contributed by atoms with Crippen LogP contribution < -0.4 is 0 Å². The summed E-state index contributed by atoms with van der Waals surface area (Å²) in [5.74, 6) is 0.309. The average molecular weight is 347 g/mol. The molecule has 0 bridgehead atoms. The van der Waals surface area contributed by atoms with Crippen molar-refractivity contribution in [1.29, 1.82) is 0 Å². The van der Waals surface area contributed by atoms with Crippen molar-refractivity contribution < 1.29 is 0 Å². The Bertz CT molecular complexity index is 548. The zero-order chi connectivity index (χ0) is 15.6. The summed E-state index contributed by atoms with van der Waals surface area (Å²) in [5, 5.41) is 0. The minimum atomic E-state index is 0.309. The molecule has 0 N–H and O–H groups in total. The second-order valence-corrected chi connectivity index (χ2v) is 6.24. The van der Waals surface area contributed by atoms with Gasteiger partial charge in [-0.15, -0.1) is 0 Å². The molecule has 0 atom stereocenters. The third kappa shape index (κ3) is 4.81. The van der Waals surface area contributed by atoms with E-state index in [-0.39, 0.29) is 0 Å². The van der Waals surface area contributed by atoms with Crippen molar-refractivity contribution in [1.82, 2.24) is 0 Å². The number of hydrogen-bond acceptors (Lipinski definition) is 1. The zero-order valence-electron chi connectivity index (χ0n) is 11.9. The van der Waals surface area contributed by atoms with Crippen molar-refractivity contribution in [3.05, 3.63) is 108 Å². The molecule has 3 aromatic rings. The van der Waals surface area contributed by atoms with Gasteiger partial charge in [-0.25, -0.2) is 0 Å². The summed E-state index contributed by atoms with van der Waals surface area (Å²) in [5.41, 5.74) is 4.00. The van der Waals surface area contributed by atoms with Gasteiger partial charge in [-0.2, -0.15) is 0 Å². The summed E-state index contributed by atoms with van der Waals surface area (Å²) in [6.07, 6.45) is 0. The average Bonchev–Trinajstić information content (AvgIpc) is 2.59. The highest BCUT2D eigenvalue weighted by Gasteiger charge is 2.15. The lowest BCUT2D eigenvalue weighted by Crippen LogP contribution is -2.02. The molecule has 0 heterocycles. The van der Waals surface area contributed by atoms with E-state index in [0.717, 1.165) is 0 Å². The Morgan fingerprint density at radius 1 is 0.500 bits per heavy atom. The van der Waals surface area contributed by atoms with Crippen LogP contribution in [0, 0.1) is 0 Å². The summed E-state index contributed by atoms with van der Waals surface area (Å²) in [7, 11) is 10.1. The number of benzene rings is 3. The molecule has 3 aromatic carbocycles. The molecule has 3 heteroatoms. The van der Waals surface area contributed by atoms with Gasteiger partial charge in [0.1, 0.15) is 0 Å². The van der Waals surface area contributed by atoms with Gasteiger partial charge in [-0.1, -0.05) is 91.0 Å². The predicted molar refractivity (Wildman–Crippen MR) is 99.6 cm³/mol. The second-order valence-electron chi connectivity index (χ2n) is 4.72. The van der Waals surface area contributed by atoms with Crippen molar-refractivity contribution in [2.24, 2.45) is 0 Å². The molecule has 0 aromatic heterocycles. The molecule has 0 aliphatic carbocycles. The van der Waals surface area contributed by atoms with Gasteiger partial charge in [0.2, 0.25) is 0 Å². The monoisotopic (exact) mass is 346 g/mol. The van der Waals surface area contributed by atoms with Crippen molar-refractivity contribution >= 4 is 31.6 Å². The minimum absolute atomic E-state index is 0.309. The maximum Gasteiger partial charge on any atom is 0.0523 e. The molecule has 0 fully saturated rings. The zero-order valence-corrected chi connectivity index (χ0v) is 14.2. The fraction of sp³-hybridized carbons (Fsp3) is 0.0526. The van der Waals surface area contributed by atoms with E-state index in [0.29, 0.717) is 16.1 Å². The van der Waals surface area contributed by atoms with Crippen molar-refractivity contribution in [2.45, 2.75) is 5.92 Å². The molecule has 0 spiro atoms. The van der Waals surface area contributed by atoms with Crippen LogP contribution in [0.3, 0.4) is 0 Å². The largest absolute Gasteiger partial charge is 0.0622 e. The van der Waals surface area contributed by atoms with Gasteiger partial charge in [0.25, 0.3) is 0 Å². The Hall–Kier alpha value is -1.41. The lowest BCUT2D eigenvalue weighted by Gasteiger charge is -2.18. The Labute approximate surface area is 145 Å². The molecular weight excluding hydrogens is 331 g/mol. The smallest absolute Gasteiger partial charge is 0.0523 e. The third-order valence-electron chi connectivity index (χ3n) is 3.40. The van der Waals surface area contributed by atoms with E-state index in [1.807, 2.05) is 0 Å². The van der Waals surface area contributed by atoms with Crippen LogP contribution >= 0.6 is 31.6 Å². The van der Waals surface area contributed by atoms with E-state index >= 15 is 0 Å². The van der Waals surface area contributed by atoms with Crippen LogP contribution in [0.1, 0.15) is 22.6 Å². The molecule has 0 unspecified atom stereocenters. The molecule has 0 amide bonds. The lowest BCUT2D eigenvalue weighted by atomic mass is 9.85. The third-order valence-corrected chi connectivity index (χ3v) is 3.40. The number of hydrogen-bond donors (Lipinski definition) is 0. The summed E-state index contributed by atoms with van der Waals surface area (Å²) in [6, 6.07) is 32.0. The Kier molecular flexibility index (Phi) is 7.38. The van der Waals surface area contributed by atoms with Crippen LogP contribution in [0.15, 0.2) is 91.0 Å². The Morgan fingerprint density at radius 2 is 0.727 bits per heavy atom. The van der Waals surface area contributed by atoms with Crippen LogP contribution in [-0.2, 0) is 0 Å². The van der Waals surface area contributed by atoms with Crippen LogP contribution in [0.2, 0.25) is 0 Å². The highest BCUT2D eigenvalue weighted by molar-refractivity contribution is 8.38. The Morgan fingerprint density at radius 3 is 0.955 bits per heavy atom. The van der Waals surface area contributed by atoms with E-state index in [2.05, 4.69) is 112 Å². The van der Waals surface area contributed by atoms with Gasteiger partial charge in [0.15, 0.2) is 0 Å². The normalized spacial score (nSPS) is 9.95. The second kappa shape index (κ2) is 9.58. The van der Waals surface area contributed by atoms with Crippen molar-refractivity contribution in [3.8, 4) is 0 Å². The molecule has 0 radical (unpaired) electrons. The van der Waals surface area contributed by atoms with Crippen LogP contribution in [0.5, 0.6) is 0 Å². The topological polar surface area (TPSA) is 0 Å². The van der Waals surface area contributed by atoms with E-state index in [9.17, 15) is 0 Å². The first-order valence-electron chi connectivity index (χ1n) is 6.91. The van der Waals surface area contributed by atoms with Gasteiger partial charge in [-0.05, 0) is 38.1 Å². The van der Waals surface area contributed by atoms with Crippen LogP contribution in [-0.4, -0.2) is 0 Å². The van der Waals surface area contributed by atoms with Gasteiger partial charge < -0.3 is 0 Å². The predicted octanol–water partition coefficient (Wildman–Crippen LogP) is 6.89. The fourth-order valence-electron chi connectivity index (χ4n) is 2.51. The quantitative estimate of drug-likeness (QED) is 0.465. The fourth-order valence-corrected chi connectivity index (χ4v) is 2.51. The van der Waals surface area contributed by atoms with Gasteiger partial charge in [0, 0.05) is 5.92 Å². The van der Waals surface area contributed by atoms with Gasteiger partial charge in [-0.3, -0.25) is 0 Å². The molecule has 0 saturated carbocycles. The summed E-state index contributed by atoms with van der Waals surface area (Å²) in [6.45, 7) is 0. The van der Waals surface area contributed by atoms with E-state index in [1.165, 1.54) is 16.7 Å². The molecule has 0 aliphatic heterocycles. The van der Waals surface area contributed by atoms with Gasteiger partial charge >= 0.3 is 0 Å². The molecule has 112 valence electrons. The number of rotatable bonds is 3. The standard InChI is InChI=1S/C19H16.Cl2S/c1-4-10-16(11-5-1)19(17-12-6-2-7-13-17)18-14-8-3-9-15-18;1-3-2/h1-15,19H;. The maximum absolute atomic E-state index is 4.68. The molecular formula is C19H16Cl2S. The van der Waals surface area contributed by atoms with Crippen LogP contribution in [0.4, 0.5) is 0 Å². The first-order chi connectivity index (χ1) is 10.9. The highest BCUT2D eigenvalue weighted by atomic mass is 36.0. The summed E-state index contributed by atoms with van der Waals surface area (Å²) < 4.78 is 0. The first-order valence-corrected chi connectivity index (χ1v) is 9.38. The summed E-state index contributed by atoms with van der Waals surface area (Å²) >= 11 is 0. The lowest BCUT2D eigenvalue weighted by molar-refractivity contribution is 0.977.